The predicted octanol–water partition coefficient (Wildman–Crippen LogP) is -5.52. The summed E-state index contributed by atoms with van der Waals surface area (Å²) in [5.41, 5.74) is 0.350. The molecule has 0 aromatic heterocycles. The van der Waals surface area contributed by atoms with Gasteiger partial charge in [-0.15, -0.1) is 0 Å². The van der Waals surface area contributed by atoms with Gasteiger partial charge in [0.05, 0.1) is 32.3 Å². The Morgan fingerprint density at radius 3 is 1.83 bits per heavy atom. The summed E-state index contributed by atoms with van der Waals surface area (Å²) in [6, 6.07) is 8.14. The average molecular weight is 905 g/mol. The van der Waals surface area contributed by atoms with Crippen molar-refractivity contribution in [2.45, 2.75) is 142 Å². The minimum Gasteiger partial charge on any atom is -0.508 e. The van der Waals surface area contributed by atoms with E-state index in [9.17, 15) is 76.3 Å². The maximum absolute atomic E-state index is 13.2. The molecule has 63 heavy (non-hydrogen) atoms. The van der Waals surface area contributed by atoms with Crippen LogP contribution in [0.5, 0.6) is 23.0 Å². The van der Waals surface area contributed by atoms with E-state index in [2.05, 4.69) is 0 Å². The standard InChI is InChI=1S/C39H52O24/c1-12-24(45)27(48)31(52)37(56-12)63-35-29(50)26(47)22(11-55-36-33(54)30(51)34(21(10-41)60-36)62-38-32(53)28(49)25(46)20(9-40)59-38)61-39(35)57-15-6-16(43)23-17(44)8-18(58-19(23)7-15)13-2-4-14(42)5-3-13/h2-7,12,18,20-22,24-43,45-54H,8-11H2,1H3/t12-,18-,20+,21+,22+,24-,25+,26+,27+,28-,29-,30+,31+,32+,33+,34+,35+,36-,37-,38+,39+/m0/s1. The number of ketones is 1. The van der Waals surface area contributed by atoms with Crippen LogP contribution >= 0.6 is 0 Å². The highest BCUT2D eigenvalue weighted by Gasteiger charge is 2.54. The molecule has 7 rings (SSSR count). The summed E-state index contributed by atoms with van der Waals surface area (Å²) in [7, 11) is 0. The van der Waals surface area contributed by atoms with Gasteiger partial charge in [0.1, 0.15) is 120 Å². The highest BCUT2D eigenvalue weighted by Crippen LogP contribution is 2.43. The fraction of sp³-hybridized carbons (Fsp3) is 0.667. The van der Waals surface area contributed by atoms with Crippen molar-refractivity contribution in [3.63, 3.8) is 0 Å². The van der Waals surface area contributed by atoms with E-state index in [0.717, 1.165) is 6.07 Å². The molecule has 0 amide bonds. The molecule has 24 nitrogen and oxygen atoms in total. The van der Waals surface area contributed by atoms with Gasteiger partial charge in [-0.2, -0.15) is 0 Å². The third-order valence-corrected chi connectivity index (χ3v) is 11.6. The van der Waals surface area contributed by atoms with Gasteiger partial charge in [0, 0.05) is 12.1 Å². The first kappa shape index (κ1) is 47.5. The Hall–Kier alpha value is -3.45. The minimum absolute atomic E-state index is 0.0241. The minimum atomic E-state index is -2.00. The summed E-state index contributed by atoms with van der Waals surface area (Å²) in [6.45, 7) is -1.08. The van der Waals surface area contributed by atoms with E-state index in [1.54, 1.807) is 12.1 Å². The van der Waals surface area contributed by atoms with Gasteiger partial charge in [-0.3, -0.25) is 4.79 Å². The van der Waals surface area contributed by atoms with Crippen molar-refractivity contribution >= 4 is 5.78 Å². The van der Waals surface area contributed by atoms with E-state index in [1.165, 1.54) is 25.1 Å². The molecule has 352 valence electrons. The summed E-state index contributed by atoms with van der Waals surface area (Å²) < 4.78 is 51.6. The molecular formula is C39H52O24. The number of phenolic OH excluding ortho intramolecular Hbond substituents is 2. The third kappa shape index (κ3) is 9.61. The van der Waals surface area contributed by atoms with Crippen molar-refractivity contribution in [3.05, 3.63) is 47.5 Å². The first-order valence-corrected chi connectivity index (χ1v) is 20.0. The van der Waals surface area contributed by atoms with Crippen molar-refractivity contribution in [1.29, 1.82) is 0 Å². The van der Waals surface area contributed by atoms with Crippen LogP contribution in [0.2, 0.25) is 0 Å². The Bertz CT molecular complexity index is 1850. The molecular weight excluding hydrogens is 852 g/mol. The molecule has 2 aromatic rings. The number of hydrogen-bond acceptors (Lipinski definition) is 24. The molecule has 0 radical (unpaired) electrons. The zero-order valence-electron chi connectivity index (χ0n) is 33.3. The number of carbonyl (C=O) groups is 1. The van der Waals surface area contributed by atoms with Gasteiger partial charge >= 0.3 is 0 Å². The normalized spacial score (nSPS) is 43.2. The largest absolute Gasteiger partial charge is 0.508 e. The number of benzene rings is 2. The first-order valence-electron chi connectivity index (χ1n) is 20.0. The van der Waals surface area contributed by atoms with E-state index in [4.69, 9.17) is 42.6 Å². The lowest BCUT2D eigenvalue weighted by Crippen LogP contribution is -2.66. The second-order valence-corrected chi connectivity index (χ2v) is 15.9. The number of fused-ring (bicyclic) bond motifs is 1. The molecule has 21 atom stereocenters. The Morgan fingerprint density at radius 2 is 1.16 bits per heavy atom. The fourth-order valence-corrected chi connectivity index (χ4v) is 7.94. The Morgan fingerprint density at radius 1 is 0.603 bits per heavy atom. The lowest BCUT2D eigenvalue weighted by Gasteiger charge is -2.47. The van der Waals surface area contributed by atoms with Crippen LogP contribution in [0.3, 0.4) is 0 Å². The number of aromatic hydroxyl groups is 2. The number of rotatable bonds is 12. The van der Waals surface area contributed by atoms with E-state index in [0.29, 0.717) is 5.56 Å². The Balaban J connectivity index is 1.09. The number of ether oxygens (including phenoxy) is 9. The molecule has 0 saturated carbocycles. The maximum Gasteiger partial charge on any atom is 0.229 e. The van der Waals surface area contributed by atoms with E-state index < -0.39 is 160 Å². The van der Waals surface area contributed by atoms with Gasteiger partial charge in [-0.1, -0.05) is 12.1 Å². The smallest absolute Gasteiger partial charge is 0.229 e. The average Bonchev–Trinajstić information content (AvgIpc) is 3.25. The second-order valence-electron chi connectivity index (χ2n) is 15.9. The van der Waals surface area contributed by atoms with Crippen LogP contribution in [0.25, 0.3) is 0 Å². The molecule has 2 aromatic carbocycles. The van der Waals surface area contributed by atoms with E-state index in [1.807, 2.05) is 0 Å². The molecule has 0 aliphatic carbocycles. The van der Waals surface area contributed by atoms with Crippen molar-refractivity contribution in [3.8, 4) is 23.0 Å². The number of hydrogen-bond donors (Lipinski definition) is 14. The van der Waals surface area contributed by atoms with Crippen LogP contribution in [-0.2, 0) is 33.2 Å². The quantitative estimate of drug-likeness (QED) is 0.0944. The number of Topliss-reactive ketones (excluding diaryl/α,β-unsaturated/α-hetero) is 1. The summed E-state index contributed by atoms with van der Waals surface area (Å²) in [5.74, 6) is -1.46. The number of aliphatic hydroxyl groups excluding tert-OH is 12. The second kappa shape index (κ2) is 19.6. The van der Waals surface area contributed by atoms with Gasteiger partial charge in [0.2, 0.25) is 6.29 Å². The van der Waals surface area contributed by atoms with Crippen molar-refractivity contribution in [2.24, 2.45) is 0 Å². The summed E-state index contributed by atoms with van der Waals surface area (Å²) >= 11 is 0. The van der Waals surface area contributed by atoms with Gasteiger partial charge in [0.25, 0.3) is 0 Å². The number of aliphatic hydroxyl groups is 12. The Kier molecular flexibility index (Phi) is 14.8. The maximum atomic E-state index is 13.2. The summed E-state index contributed by atoms with van der Waals surface area (Å²) in [5, 5.41) is 147. The van der Waals surface area contributed by atoms with Crippen LogP contribution in [0.1, 0.15) is 35.4 Å². The third-order valence-electron chi connectivity index (χ3n) is 11.6. The monoisotopic (exact) mass is 904 g/mol. The van der Waals surface area contributed by atoms with Gasteiger partial charge in [0.15, 0.2) is 30.8 Å². The van der Waals surface area contributed by atoms with Crippen LogP contribution in [0, 0.1) is 0 Å². The molecule has 5 heterocycles. The molecule has 5 aliphatic heterocycles. The van der Waals surface area contributed by atoms with Gasteiger partial charge < -0.3 is 114 Å². The zero-order chi connectivity index (χ0) is 45.6. The lowest BCUT2D eigenvalue weighted by atomic mass is 9.95. The molecule has 0 bridgehead atoms. The Labute approximate surface area is 357 Å². The van der Waals surface area contributed by atoms with Crippen LogP contribution in [-0.4, -0.2) is 220 Å². The molecule has 4 fully saturated rings. The van der Waals surface area contributed by atoms with Crippen molar-refractivity contribution in [2.75, 3.05) is 19.8 Å². The first-order chi connectivity index (χ1) is 29.9. The van der Waals surface area contributed by atoms with Crippen LogP contribution < -0.4 is 9.47 Å². The lowest BCUT2D eigenvalue weighted by molar-refractivity contribution is -0.369. The van der Waals surface area contributed by atoms with Crippen LogP contribution in [0.4, 0.5) is 0 Å². The van der Waals surface area contributed by atoms with E-state index in [-0.39, 0.29) is 29.2 Å². The molecule has 0 unspecified atom stereocenters. The zero-order valence-corrected chi connectivity index (χ0v) is 33.3. The summed E-state index contributed by atoms with van der Waals surface area (Å²) in [4.78, 5) is 13.2. The number of carbonyl (C=O) groups excluding carboxylic acids is 1. The topological polar surface area (TPSA) is 383 Å². The van der Waals surface area contributed by atoms with E-state index >= 15 is 0 Å². The van der Waals surface area contributed by atoms with Gasteiger partial charge in [-0.25, -0.2) is 0 Å². The molecule has 14 N–H and O–H groups in total. The van der Waals surface area contributed by atoms with Gasteiger partial charge in [-0.05, 0) is 24.6 Å². The highest BCUT2D eigenvalue weighted by molar-refractivity contribution is 6.02. The van der Waals surface area contributed by atoms with Crippen LogP contribution in [0.15, 0.2) is 36.4 Å². The number of phenols is 2. The molecule has 5 aliphatic rings. The molecule has 4 saturated heterocycles. The fourth-order valence-electron chi connectivity index (χ4n) is 7.94. The predicted molar refractivity (Wildman–Crippen MR) is 199 cm³/mol. The molecule has 0 spiro atoms. The van der Waals surface area contributed by atoms with Crippen molar-refractivity contribution in [1.82, 2.24) is 0 Å². The molecule has 24 heteroatoms. The highest BCUT2D eigenvalue weighted by atomic mass is 16.8. The SMILES string of the molecule is C[C@@H]1O[C@@H](O[C@H]2[C@H](Oc3cc(O)c4c(c3)O[C@H](c3ccc(O)cc3)CC4=O)O[C@H](CO[C@H]3O[C@H](CO)[C@@H](O[C@H]4O[C@H](CO)[C@@H](O)[C@H](O)[C@H]4O)[C@H](O)[C@H]3O)[C@@H](O)[C@@H]2O)[C@H](O)[C@H](O)[C@H]1O. The summed E-state index contributed by atoms with van der Waals surface area (Å²) in [6.07, 6.45) is -35.8. The van der Waals surface area contributed by atoms with Crippen molar-refractivity contribution < 1.29 is 119 Å².